The maximum Gasteiger partial charge on any atom is 0.266 e. The summed E-state index contributed by atoms with van der Waals surface area (Å²) in [6.45, 7) is 42.9. The van der Waals surface area contributed by atoms with Gasteiger partial charge < -0.3 is 18.9 Å². The fourth-order valence-electron chi connectivity index (χ4n) is 24.4. The van der Waals surface area contributed by atoms with Gasteiger partial charge in [0.25, 0.3) is 23.6 Å². The molecule has 0 bridgehead atoms. The van der Waals surface area contributed by atoms with Gasteiger partial charge in [-0.05, 0) is 365 Å². The summed E-state index contributed by atoms with van der Waals surface area (Å²) in [4.78, 5) is 74.8. The number of carbonyl (C=O) groups is 4. The largest absolute Gasteiger partial charge is 0.457 e. The minimum Gasteiger partial charge on any atom is -0.457 e. The van der Waals surface area contributed by atoms with Crippen LogP contribution in [0, 0.1) is 0 Å². The molecule has 4 amide bonds. The third kappa shape index (κ3) is 14.7. The fourth-order valence-corrected chi connectivity index (χ4v) is 24.4. The maximum atomic E-state index is 16.5. The molecule has 25 rings (SSSR count). The van der Waals surface area contributed by atoms with E-state index in [1.807, 2.05) is 97.1 Å². The van der Waals surface area contributed by atoms with Gasteiger partial charge in [0.15, 0.2) is 0 Å². The van der Waals surface area contributed by atoms with Crippen molar-refractivity contribution in [3.8, 4) is 90.5 Å². The molecular formula is C134H112N8O8. The lowest BCUT2D eigenvalue weighted by Gasteiger charge is -2.34. The number of fused-ring (bicyclic) bond motifs is 14. The number of hydrogen-bond acceptors (Lipinski definition) is 10. The topological polar surface area (TPSA) is 209 Å². The zero-order valence-corrected chi connectivity index (χ0v) is 88.0. The smallest absolute Gasteiger partial charge is 0.266 e. The molecule has 0 unspecified atom stereocenters. The molecule has 0 radical (unpaired) electrons. The number of carbonyl (C=O) groups excluding carboxylic acids is 4. The van der Waals surface area contributed by atoms with E-state index in [2.05, 4.69) is 328 Å². The number of azide groups is 2. The van der Waals surface area contributed by atoms with E-state index >= 15 is 19.2 Å². The number of nitrogens with zero attached hydrogens (tertiary/aromatic N) is 8. The Morgan fingerprint density at radius 2 is 0.473 bits per heavy atom. The second-order valence-electron chi connectivity index (χ2n) is 47.0. The average Bonchev–Trinajstić information content (AvgIpc) is 1.36. The SMILES string of the molecule is CC(C)c1cc(CN=[N+]=[N-])cc(C(C)C)c1N1C(=O)c2cc(Oc3ccc(C(C)(C)C)cc3)c3c4ccc5c6c(ccc(c7c(Oc8ccc(C(C)(C)C)cc8)cc(c2c37)C1=O)c64)-c1cc2cc3c(cc2cc1-5)/C=C\c1cc2cc4c(cc2cc1/C=C\3)-c1ccc2c3c(Oc5ccc(C(C)(C)C)cc5)cc5c6c(cc(Oc7ccc(C(C)(C)C)cc7)c(c7ccc-4c1c72)c63)C(=O)N(c1c(C(C)C)cc(CN=[N+]=[N-])cc1C(C)C)C5=O. The van der Waals surface area contributed by atoms with E-state index in [-0.39, 0.29) is 58.4 Å². The number of amides is 4. The monoisotopic (exact) mass is 1960 g/mol. The van der Waals surface area contributed by atoms with Crippen LogP contribution in [0.5, 0.6) is 46.0 Å². The van der Waals surface area contributed by atoms with Crippen molar-refractivity contribution in [2.45, 2.75) is 197 Å². The van der Waals surface area contributed by atoms with Crippen LogP contribution in [-0.4, -0.2) is 23.6 Å². The standard InChI is InChI=1S/C134H112N8O8/c1-67(2)97-49-71(65-137-139-135)50-98(68(3)4)125(97)141-127(143)105-61-109(147-85-33-25-81(26-34-85)131(9,10)11)119-93-45-41-89-101-57-77-53-73-21-23-75-55-79-59-103-91-43-47-95-116-96(48-44-92(114(91)116)104(103)60-80(79)56-76(75)24-22-74(73)54-78(77)58-102(101)90-42-46-94(115(93)113(89)90)120-110(62-106(128(141)144)117(105)123(119)120)148-86-35-27-82(28-36-86)132(12,13)14)122-112(150-88-39-31-84(32-40-88)134(18,19)20)64-108-118-107(63-111(121(95)124(118)122)149-87-37-29-83(30-38-87)133(15,16)17)129(145)142(130(108)146)126-99(69(5)6)51-72(66-138-140-136)52-100(126)70(7)8/h21-64,67-70H,65-66H2,1-20H3/b23-21-,24-22-,73-21?,74-22?,75-23?,76-24?. The Morgan fingerprint density at radius 3 is 0.680 bits per heavy atom. The zero-order chi connectivity index (χ0) is 104. The molecule has 0 saturated carbocycles. The molecule has 16 nitrogen and oxygen atoms in total. The van der Waals surface area contributed by atoms with Gasteiger partial charge in [-0.1, -0.05) is 294 Å². The lowest BCUT2D eigenvalue weighted by Crippen LogP contribution is -2.42. The highest BCUT2D eigenvalue weighted by molar-refractivity contribution is 6.48. The first-order valence-electron chi connectivity index (χ1n) is 52.2. The molecule has 0 fully saturated rings. The molecule has 2 aliphatic heterocycles. The van der Waals surface area contributed by atoms with Crippen LogP contribution in [0.1, 0.15) is 281 Å². The number of ether oxygens (including phenoxy) is 4. The molecular weight excluding hydrogens is 1850 g/mol. The Kier molecular flexibility index (Phi) is 21.2. The predicted octanol–water partition coefficient (Wildman–Crippen LogP) is 38.1. The van der Waals surface area contributed by atoms with Gasteiger partial charge in [-0.3, -0.25) is 19.2 Å². The quantitative estimate of drug-likeness (QED) is 0.0201. The van der Waals surface area contributed by atoms with Crippen LogP contribution in [0.3, 0.4) is 0 Å². The van der Waals surface area contributed by atoms with Gasteiger partial charge in [0.05, 0.1) is 46.7 Å². The highest BCUT2D eigenvalue weighted by Gasteiger charge is 2.45. The number of benzene rings is 20. The third-order valence-corrected chi connectivity index (χ3v) is 32.0. The molecule has 3 aliphatic carbocycles. The fraction of sp³-hybridized carbons (Fsp3) is 0.224. The van der Waals surface area contributed by atoms with Crippen molar-refractivity contribution in [1.82, 2.24) is 0 Å². The van der Waals surface area contributed by atoms with E-state index in [0.29, 0.717) is 101 Å². The number of hydrogen-bond donors (Lipinski definition) is 0. The van der Waals surface area contributed by atoms with E-state index < -0.39 is 23.6 Å². The lowest BCUT2D eigenvalue weighted by molar-refractivity contribution is 0.0877. The van der Waals surface area contributed by atoms with Crippen molar-refractivity contribution in [3.05, 3.63) is 364 Å². The first-order valence-corrected chi connectivity index (χ1v) is 52.2. The Hall–Kier alpha value is -16.9. The summed E-state index contributed by atoms with van der Waals surface area (Å²) in [6.07, 6.45) is 9.04. The Bertz CT molecular complexity index is 8570. The predicted molar refractivity (Wildman–Crippen MR) is 615 cm³/mol. The summed E-state index contributed by atoms with van der Waals surface area (Å²) in [5.41, 5.74) is 43.1. The van der Waals surface area contributed by atoms with E-state index in [0.717, 1.165) is 209 Å². The molecule has 20 aromatic rings. The summed E-state index contributed by atoms with van der Waals surface area (Å²) in [5, 5.41) is 25.5. The van der Waals surface area contributed by atoms with Crippen LogP contribution in [0.25, 0.3) is 197 Å². The van der Waals surface area contributed by atoms with Gasteiger partial charge in [-0.15, -0.1) is 0 Å². The van der Waals surface area contributed by atoms with Crippen molar-refractivity contribution in [3.63, 3.8) is 0 Å². The second kappa shape index (κ2) is 33.8. The van der Waals surface area contributed by atoms with E-state index in [1.165, 1.54) is 9.80 Å². The molecule has 2 heterocycles. The first-order chi connectivity index (χ1) is 71.7. The molecule has 0 spiro atoms. The normalized spacial score (nSPS) is 14.2. The highest BCUT2D eigenvalue weighted by atomic mass is 16.5. The van der Waals surface area contributed by atoms with Gasteiger partial charge in [0, 0.05) is 52.9 Å². The van der Waals surface area contributed by atoms with Crippen LogP contribution in [0.4, 0.5) is 11.4 Å². The van der Waals surface area contributed by atoms with Crippen LogP contribution in [-0.2, 0) is 34.7 Å². The van der Waals surface area contributed by atoms with Crippen LogP contribution in [0.2, 0.25) is 0 Å². The molecule has 0 saturated heterocycles. The first kappa shape index (κ1) is 94.1. The van der Waals surface area contributed by atoms with Crippen LogP contribution >= 0.6 is 0 Å². The number of anilines is 2. The van der Waals surface area contributed by atoms with E-state index in [9.17, 15) is 11.1 Å². The molecule has 0 atom stereocenters. The summed E-state index contributed by atoms with van der Waals surface area (Å²) in [5.74, 6) is 1.64. The van der Waals surface area contributed by atoms with Gasteiger partial charge in [0.2, 0.25) is 0 Å². The van der Waals surface area contributed by atoms with Crippen LogP contribution in [0.15, 0.2) is 253 Å². The molecule has 16 heteroatoms. The van der Waals surface area contributed by atoms with Gasteiger partial charge in [0.1, 0.15) is 46.0 Å². The summed E-state index contributed by atoms with van der Waals surface area (Å²) < 4.78 is 29.5. The van der Waals surface area contributed by atoms with Crippen LogP contribution < -0.4 is 28.7 Å². The molecule has 5 aliphatic rings. The molecule has 20 aromatic carbocycles. The summed E-state index contributed by atoms with van der Waals surface area (Å²) in [6, 6.07) is 84.8. The zero-order valence-electron chi connectivity index (χ0n) is 88.0. The molecule has 150 heavy (non-hydrogen) atoms. The second-order valence-corrected chi connectivity index (χ2v) is 47.0. The number of rotatable bonds is 18. The Labute approximate surface area is 870 Å². The maximum absolute atomic E-state index is 16.5. The molecule has 0 N–H and O–H groups in total. The molecule has 0 aromatic heterocycles. The Morgan fingerprint density at radius 1 is 0.253 bits per heavy atom. The van der Waals surface area contributed by atoms with Gasteiger partial charge in [-0.25, -0.2) is 9.80 Å². The van der Waals surface area contributed by atoms with Crippen molar-refractivity contribution in [2.75, 3.05) is 9.80 Å². The minimum atomic E-state index is -0.476. The number of imide groups is 2. The average molecular weight is 1960 g/mol. The Balaban J connectivity index is 0.627. The van der Waals surface area contributed by atoms with E-state index in [4.69, 9.17) is 18.9 Å². The molecule has 736 valence electrons. The van der Waals surface area contributed by atoms with Crippen molar-refractivity contribution in [1.29, 1.82) is 0 Å². The highest BCUT2D eigenvalue weighted by Crippen LogP contribution is 2.62. The van der Waals surface area contributed by atoms with Crippen molar-refractivity contribution < 1.29 is 38.1 Å². The van der Waals surface area contributed by atoms with Crippen molar-refractivity contribution >= 4 is 167 Å². The third-order valence-electron chi connectivity index (χ3n) is 32.0. The summed E-state index contributed by atoms with van der Waals surface area (Å²) >= 11 is 0. The van der Waals surface area contributed by atoms with Gasteiger partial charge >= 0.3 is 0 Å². The summed E-state index contributed by atoms with van der Waals surface area (Å²) in [7, 11) is 0. The minimum absolute atomic E-state index is 0.104. The van der Waals surface area contributed by atoms with Crippen molar-refractivity contribution in [2.24, 2.45) is 10.2 Å². The van der Waals surface area contributed by atoms with E-state index in [1.54, 1.807) is 0 Å². The van der Waals surface area contributed by atoms with Gasteiger partial charge in [-0.2, -0.15) is 0 Å². The lowest BCUT2D eigenvalue weighted by atomic mass is 9.82.